The Morgan fingerprint density at radius 1 is 1.53 bits per heavy atom. The second kappa shape index (κ2) is 6.70. The molecule has 19 heavy (non-hydrogen) atoms. The molecule has 0 bridgehead atoms. The predicted molar refractivity (Wildman–Crippen MR) is 75.3 cm³/mol. The minimum absolute atomic E-state index is 0.152. The topological polar surface area (TPSA) is 64.1 Å². The quantitative estimate of drug-likeness (QED) is 0.643. The summed E-state index contributed by atoms with van der Waals surface area (Å²) in [5.41, 5.74) is 0.0635. The minimum Gasteiger partial charge on any atom is -0.467 e. The Bertz CT molecular complexity index is 454. The van der Waals surface area contributed by atoms with Crippen molar-refractivity contribution in [3.8, 4) is 0 Å². The van der Waals surface area contributed by atoms with Crippen LogP contribution in [-0.2, 0) is 9.53 Å². The summed E-state index contributed by atoms with van der Waals surface area (Å²) in [5, 5.41) is 3.35. The summed E-state index contributed by atoms with van der Waals surface area (Å²) in [7, 11) is 1.39. The molecule has 1 aromatic heterocycles. The molecule has 1 heterocycles. The van der Waals surface area contributed by atoms with Crippen LogP contribution in [0.25, 0.3) is 0 Å². The van der Waals surface area contributed by atoms with Gasteiger partial charge >= 0.3 is 5.97 Å². The zero-order valence-corrected chi connectivity index (χ0v) is 12.5. The number of nitrogens with zero attached hydrogens (tertiary/aromatic N) is 2. The van der Waals surface area contributed by atoms with Gasteiger partial charge in [0.25, 0.3) is 0 Å². The maximum Gasteiger partial charge on any atom is 0.331 e. The zero-order chi connectivity index (χ0) is 14.5. The van der Waals surface area contributed by atoms with Gasteiger partial charge < -0.3 is 10.1 Å². The number of methoxy groups -OCH3 is 1. The van der Waals surface area contributed by atoms with Crippen LogP contribution in [0.5, 0.6) is 0 Å². The van der Waals surface area contributed by atoms with Crippen molar-refractivity contribution in [1.29, 1.82) is 0 Å². The first-order valence-corrected chi connectivity index (χ1v) is 6.72. The highest BCUT2D eigenvalue weighted by Crippen LogP contribution is 2.26. The molecule has 0 aromatic carbocycles. The van der Waals surface area contributed by atoms with Crippen molar-refractivity contribution in [1.82, 2.24) is 9.97 Å². The fraction of sp³-hybridized carbons (Fsp3) is 0.615. The summed E-state index contributed by atoms with van der Waals surface area (Å²) in [6, 6.07) is 0. The number of anilines is 1. The van der Waals surface area contributed by atoms with Crippen molar-refractivity contribution in [2.45, 2.75) is 45.6 Å². The number of carbonyl (C=O) groups excluding carboxylic acids is 1. The number of hydrogen-bond acceptors (Lipinski definition) is 5. The van der Waals surface area contributed by atoms with Gasteiger partial charge in [-0.2, -0.15) is 0 Å². The lowest BCUT2D eigenvalue weighted by molar-refractivity contribution is -0.146. The van der Waals surface area contributed by atoms with Crippen molar-refractivity contribution in [2.75, 3.05) is 12.4 Å². The Kier molecular flexibility index (Phi) is 5.54. The van der Waals surface area contributed by atoms with Crippen LogP contribution < -0.4 is 5.32 Å². The molecule has 5 nitrogen and oxygen atoms in total. The van der Waals surface area contributed by atoms with E-state index in [1.54, 1.807) is 6.20 Å². The lowest BCUT2D eigenvalue weighted by Gasteiger charge is -2.31. The Morgan fingerprint density at radius 2 is 2.21 bits per heavy atom. The number of ether oxygens (including phenoxy) is 1. The third-order valence-corrected chi connectivity index (χ3v) is 3.34. The molecule has 1 rings (SSSR count). The molecule has 1 N–H and O–H groups in total. The molecule has 0 aliphatic carbocycles. The lowest BCUT2D eigenvalue weighted by Crippen LogP contribution is -2.47. The maximum atomic E-state index is 12.1. The largest absolute Gasteiger partial charge is 0.467 e. The van der Waals surface area contributed by atoms with Gasteiger partial charge in [-0.15, -0.1) is 0 Å². The number of halogens is 1. The van der Waals surface area contributed by atoms with E-state index in [4.69, 9.17) is 16.3 Å². The van der Waals surface area contributed by atoms with Crippen molar-refractivity contribution in [3.05, 3.63) is 17.0 Å². The number of hydrogen-bond donors (Lipinski definition) is 1. The van der Waals surface area contributed by atoms with Gasteiger partial charge in [-0.05, 0) is 31.4 Å². The molecule has 6 heteroatoms. The van der Waals surface area contributed by atoms with Crippen LogP contribution in [-0.4, -0.2) is 28.6 Å². The van der Waals surface area contributed by atoms with E-state index in [0.717, 1.165) is 12.0 Å². The van der Waals surface area contributed by atoms with E-state index < -0.39 is 5.54 Å². The molecule has 106 valence electrons. The summed E-state index contributed by atoms with van der Waals surface area (Å²) in [4.78, 5) is 20.1. The van der Waals surface area contributed by atoms with E-state index >= 15 is 0 Å². The van der Waals surface area contributed by atoms with Crippen LogP contribution in [0, 0.1) is 6.92 Å². The van der Waals surface area contributed by atoms with Gasteiger partial charge in [0.1, 0.15) is 11.4 Å². The summed E-state index contributed by atoms with van der Waals surface area (Å²) in [6.07, 6.45) is 3.75. The molecule has 0 fully saturated rings. The fourth-order valence-corrected chi connectivity index (χ4v) is 2.15. The van der Waals surface area contributed by atoms with Gasteiger partial charge in [0.05, 0.1) is 7.11 Å². The number of aryl methyl sites for hydroxylation is 1. The molecule has 0 spiro atoms. The predicted octanol–water partition coefficient (Wildman–Crippen LogP) is 2.97. The minimum atomic E-state index is -0.772. The average Bonchev–Trinajstić information content (AvgIpc) is 2.41. The monoisotopic (exact) mass is 285 g/mol. The van der Waals surface area contributed by atoms with E-state index in [1.165, 1.54) is 7.11 Å². The van der Waals surface area contributed by atoms with E-state index in [9.17, 15) is 4.79 Å². The number of nitrogens with one attached hydrogen (secondary N) is 1. The van der Waals surface area contributed by atoms with Gasteiger partial charge in [0, 0.05) is 11.8 Å². The van der Waals surface area contributed by atoms with Gasteiger partial charge in [-0.3, -0.25) is 0 Å². The summed E-state index contributed by atoms with van der Waals surface area (Å²) in [6.45, 7) is 5.83. The van der Waals surface area contributed by atoms with Crippen molar-refractivity contribution < 1.29 is 9.53 Å². The third-order valence-electron chi connectivity index (χ3n) is 3.16. The first-order chi connectivity index (χ1) is 8.99. The number of aromatic nitrogens is 2. The molecule has 0 radical (unpaired) electrons. The van der Waals surface area contributed by atoms with E-state index in [1.807, 2.05) is 20.8 Å². The van der Waals surface area contributed by atoms with Gasteiger partial charge in [0.2, 0.25) is 5.28 Å². The van der Waals surface area contributed by atoms with Crippen LogP contribution in [0.15, 0.2) is 6.20 Å². The first kappa shape index (κ1) is 15.7. The molecular weight excluding hydrogens is 266 g/mol. The Labute approximate surface area is 118 Å². The highest BCUT2D eigenvalue weighted by Gasteiger charge is 2.37. The summed E-state index contributed by atoms with van der Waals surface area (Å²) < 4.78 is 4.92. The highest BCUT2D eigenvalue weighted by atomic mass is 35.5. The molecule has 0 aliphatic rings. The van der Waals surface area contributed by atoms with E-state index in [-0.39, 0.29) is 11.3 Å². The van der Waals surface area contributed by atoms with Crippen molar-refractivity contribution >= 4 is 23.4 Å². The Balaban J connectivity index is 3.12. The molecule has 1 atom stereocenters. The molecule has 0 saturated carbocycles. The zero-order valence-electron chi connectivity index (χ0n) is 11.8. The second-order valence-electron chi connectivity index (χ2n) is 4.47. The van der Waals surface area contributed by atoms with Crippen molar-refractivity contribution in [3.63, 3.8) is 0 Å². The van der Waals surface area contributed by atoms with Crippen LogP contribution in [0.3, 0.4) is 0 Å². The molecular formula is C13H20ClN3O2. The molecule has 1 unspecified atom stereocenters. The molecule has 1 aromatic rings. The SMILES string of the molecule is CCCC(CC)(Nc1nc(Cl)ncc1C)C(=O)OC. The summed E-state index contributed by atoms with van der Waals surface area (Å²) >= 11 is 5.80. The second-order valence-corrected chi connectivity index (χ2v) is 4.81. The number of esters is 1. The molecule has 0 saturated heterocycles. The van der Waals surface area contributed by atoms with Crippen molar-refractivity contribution in [2.24, 2.45) is 0 Å². The van der Waals surface area contributed by atoms with Crippen LogP contribution in [0.1, 0.15) is 38.7 Å². The fourth-order valence-electron chi connectivity index (χ4n) is 2.02. The number of rotatable bonds is 6. The number of carbonyl (C=O) groups is 1. The standard InChI is InChI=1S/C13H20ClN3O2/c1-5-7-13(6-2,11(18)19-4)17-10-9(3)8-15-12(14)16-10/h8H,5-7H2,1-4H3,(H,15,16,17). The van der Waals surface area contributed by atoms with Gasteiger partial charge in [-0.1, -0.05) is 20.3 Å². The maximum absolute atomic E-state index is 12.1. The average molecular weight is 286 g/mol. The lowest BCUT2D eigenvalue weighted by atomic mass is 9.90. The van der Waals surface area contributed by atoms with Gasteiger partial charge in [-0.25, -0.2) is 14.8 Å². The Morgan fingerprint density at radius 3 is 2.74 bits per heavy atom. The normalized spacial score (nSPS) is 13.7. The van der Waals surface area contributed by atoms with Gasteiger partial charge in [0.15, 0.2) is 0 Å². The first-order valence-electron chi connectivity index (χ1n) is 6.34. The van der Waals surface area contributed by atoms with Crippen LogP contribution in [0.2, 0.25) is 5.28 Å². The van der Waals surface area contributed by atoms with Crippen LogP contribution >= 0.6 is 11.6 Å². The van der Waals surface area contributed by atoms with E-state index in [2.05, 4.69) is 15.3 Å². The molecule has 0 amide bonds. The summed E-state index contributed by atoms with van der Waals surface area (Å²) in [5.74, 6) is 0.284. The Hall–Kier alpha value is -1.36. The van der Waals surface area contributed by atoms with Crippen LogP contribution in [0.4, 0.5) is 5.82 Å². The highest BCUT2D eigenvalue weighted by molar-refractivity contribution is 6.28. The third kappa shape index (κ3) is 3.56. The van der Waals surface area contributed by atoms with E-state index in [0.29, 0.717) is 18.7 Å². The smallest absolute Gasteiger partial charge is 0.331 e. The molecule has 0 aliphatic heterocycles.